The molecule has 138 valence electrons. The molecule has 1 N–H and O–H groups in total. The lowest BCUT2D eigenvalue weighted by Crippen LogP contribution is -2.17. The van der Waals surface area contributed by atoms with E-state index in [0.717, 1.165) is 11.3 Å². The van der Waals surface area contributed by atoms with Crippen molar-refractivity contribution in [2.75, 3.05) is 5.32 Å². The second kappa shape index (κ2) is 6.51. The van der Waals surface area contributed by atoms with Crippen LogP contribution in [0.5, 0.6) is 0 Å². The maximum absolute atomic E-state index is 12.7. The van der Waals surface area contributed by atoms with E-state index in [4.69, 9.17) is 11.6 Å². The molecule has 2 aromatic carbocycles. The molecule has 0 aliphatic carbocycles. The van der Waals surface area contributed by atoms with Gasteiger partial charge in [-0.3, -0.25) is 4.79 Å². The number of halogens is 1. The van der Waals surface area contributed by atoms with Gasteiger partial charge in [0.25, 0.3) is 5.91 Å². The molecule has 2 heterocycles. The molecule has 0 bridgehead atoms. The Kier molecular flexibility index (Phi) is 4.28. The third-order valence-corrected chi connectivity index (χ3v) is 6.19. The van der Waals surface area contributed by atoms with Gasteiger partial charge in [-0.05, 0) is 31.2 Å². The minimum absolute atomic E-state index is 0.129. The van der Waals surface area contributed by atoms with Crippen LogP contribution in [0.4, 0.5) is 5.82 Å². The normalized spacial score (nSPS) is 14.7. The largest absolute Gasteiger partial charge is 0.306 e. The van der Waals surface area contributed by atoms with Crippen molar-refractivity contribution in [3.05, 3.63) is 75.9 Å². The molecule has 0 spiro atoms. The van der Waals surface area contributed by atoms with Gasteiger partial charge in [0.05, 0.1) is 33.5 Å². The Morgan fingerprint density at radius 2 is 1.81 bits per heavy atom. The highest BCUT2D eigenvalue weighted by Gasteiger charge is 2.33. The zero-order valence-corrected chi connectivity index (χ0v) is 16.0. The molecule has 0 unspecified atom stereocenters. The smallest absolute Gasteiger partial charge is 0.258 e. The fourth-order valence-electron chi connectivity index (χ4n) is 3.06. The lowest BCUT2D eigenvalue weighted by molar-refractivity contribution is 0.102. The number of anilines is 1. The summed E-state index contributed by atoms with van der Waals surface area (Å²) in [6.07, 6.45) is 0. The summed E-state index contributed by atoms with van der Waals surface area (Å²) in [5.41, 5.74) is 3.12. The van der Waals surface area contributed by atoms with Crippen molar-refractivity contribution in [1.82, 2.24) is 9.78 Å². The van der Waals surface area contributed by atoms with E-state index in [0.29, 0.717) is 27.7 Å². The average Bonchev–Trinajstić information content (AvgIpc) is 3.09. The van der Waals surface area contributed by atoms with E-state index in [1.54, 1.807) is 28.9 Å². The van der Waals surface area contributed by atoms with Crippen LogP contribution in [-0.4, -0.2) is 24.1 Å². The second-order valence-electron chi connectivity index (χ2n) is 6.49. The molecule has 27 heavy (non-hydrogen) atoms. The van der Waals surface area contributed by atoms with Crippen LogP contribution in [0.3, 0.4) is 0 Å². The molecule has 1 aromatic heterocycles. The van der Waals surface area contributed by atoms with Crippen LogP contribution in [-0.2, 0) is 21.3 Å². The topological polar surface area (TPSA) is 81.1 Å². The highest BCUT2D eigenvalue weighted by Crippen LogP contribution is 2.33. The maximum atomic E-state index is 12.7. The van der Waals surface area contributed by atoms with Crippen LogP contribution in [0.15, 0.2) is 48.5 Å². The van der Waals surface area contributed by atoms with Crippen molar-refractivity contribution in [2.24, 2.45) is 0 Å². The number of amides is 1. The Morgan fingerprint density at radius 1 is 1.11 bits per heavy atom. The number of rotatable bonds is 3. The van der Waals surface area contributed by atoms with E-state index >= 15 is 0 Å². The molecule has 0 saturated heterocycles. The highest BCUT2D eigenvalue weighted by molar-refractivity contribution is 7.90. The molecular formula is C19H16ClN3O3S. The molecule has 3 aromatic rings. The van der Waals surface area contributed by atoms with Gasteiger partial charge in [0, 0.05) is 5.56 Å². The van der Waals surface area contributed by atoms with E-state index in [9.17, 15) is 13.2 Å². The summed E-state index contributed by atoms with van der Waals surface area (Å²) in [7, 11) is -3.25. The van der Waals surface area contributed by atoms with Crippen LogP contribution in [0.1, 0.15) is 27.2 Å². The molecular weight excluding hydrogens is 386 g/mol. The maximum Gasteiger partial charge on any atom is 0.258 e. The molecule has 1 aliphatic heterocycles. The average molecular weight is 402 g/mol. The lowest BCUT2D eigenvalue weighted by Gasteiger charge is -2.12. The van der Waals surface area contributed by atoms with Gasteiger partial charge in [-0.1, -0.05) is 41.4 Å². The number of carbonyl (C=O) groups is 1. The number of aryl methyl sites for hydroxylation is 1. The van der Waals surface area contributed by atoms with Crippen molar-refractivity contribution >= 4 is 33.2 Å². The predicted molar refractivity (Wildman–Crippen MR) is 104 cm³/mol. The number of carbonyl (C=O) groups excluding carboxylic acids is 1. The van der Waals surface area contributed by atoms with E-state index in [1.807, 2.05) is 31.2 Å². The number of hydrogen-bond donors (Lipinski definition) is 1. The first kappa shape index (κ1) is 17.8. The number of nitrogens with one attached hydrogen (secondary N) is 1. The molecule has 0 radical (unpaired) electrons. The number of sulfone groups is 1. The van der Waals surface area contributed by atoms with Gasteiger partial charge < -0.3 is 5.32 Å². The Labute approximate surface area is 161 Å². The third-order valence-electron chi connectivity index (χ3n) is 4.42. The molecule has 0 atom stereocenters. The molecule has 0 fully saturated rings. The van der Waals surface area contributed by atoms with Crippen LogP contribution >= 0.6 is 11.6 Å². The Bertz CT molecular complexity index is 1150. The van der Waals surface area contributed by atoms with E-state index in [-0.39, 0.29) is 11.5 Å². The van der Waals surface area contributed by atoms with Crippen molar-refractivity contribution in [2.45, 2.75) is 18.4 Å². The molecule has 4 rings (SSSR count). The van der Waals surface area contributed by atoms with Crippen LogP contribution in [0.25, 0.3) is 5.69 Å². The highest BCUT2D eigenvalue weighted by atomic mass is 35.5. The number of nitrogens with zero attached hydrogens (tertiary/aromatic N) is 2. The summed E-state index contributed by atoms with van der Waals surface area (Å²) in [4.78, 5) is 12.7. The first-order valence-electron chi connectivity index (χ1n) is 8.28. The van der Waals surface area contributed by atoms with E-state index in [2.05, 4.69) is 10.4 Å². The monoisotopic (exact) mass is 401 g/mol. The molecule has 1 amide bonds. The lowest BCUT2D eigenvalue weighted by atomic mass is 10.2. The quantitative estimate of drug-likeness (QED) is 0.728. The van der Waals surface area contributed by atoms with Crippen molar-refractivity contribution in [3.8, 4) is 5.69 Å². The SMILES string of the molecule is Cc1ccc(-n2nc3c(c2NC(=O)c2ccccc2Cl)CS(=O)(=O)C3)cc1. The van der Waals surface area contributed by atoms with Crippen molar-refractivity contribution in [3.63, 3.8) is 0 Å². The Hall–Kier alpha value is -2.64. The fraction of sp³-hybridized carbons (Fsp3) is 0.158. The summed E-state index contributed by atoms with van der Waals surface area (Å²) in [5.74, 6) is -0.330. The molecule has 6 nitrogen and oxygen atoms in total. The van der Waals surface area contributed by atoms with E-state index in [1.165, 1.54) is 0 Å². The van der Waals surface area contributed by atoms with Crippen LogP contribution in [0.2, 0.25) is 5.02 Å². The first-order valence-corrected chi connectivity index (χ1v) is 10.5. The Morgan fingerprint density at radius 3 is 2.52 bits per heavy atom. The van der Waals surface area contributed by atoms with Crippen molar-refractivity contribution < 1.29 is 13.2 Å². The minimum Gasteiger partial charge on any atom is -0.306 e. The summed E-state index contributed by atoms with van der Waals surface area (Å²) in [6.45, 7) is 1.97. The van der Waals surface area contributed by atoms with Crippen molar-refractivity contribution in [1.29, 1.82) is 0 Å². The zero-order valence-electron chi connectivity index (χ0n) is 14.4. The van der Waals surface area contributed by atoms with Gasteiger partial charge in [0.1, 0.15) is 5.82 Å². The Balaban J connectivity index is 1.80. The summed E-state index contributed by atoms with van der Waals surface area (Å²) < 4.78 is 25.6. The predicted octanol–water partition coefficient (Wildman–Crippen LogP) is 3.51. The van der Waals surface area contributed by atoms with Gasteiger partial charge in [-0.15, -0.1) is 0 Å². The molecule has 1 aliphatic rings. The molecule has 8 heteroatoms. The molecule has 0 saturated carbocycles. The summed E-state index contributed by atoms with van der Waals surface area (Å²) in [5, 5.41) is 7.58. The van der Waals surface area contributed by atoms with E-state index < -0.39 is 15.7 Å². The number of benzene rings is 2. The summed E-state index contributed by atoms with van der Waals surface area (Å²) >= 11 is 6.12. The van der Waals surface area contributed by atoms with Gasteiger partial charge in [0.15, 0.2) is 9.84 Å². The third kappa shape index (κ3) is 3.36. The van der Waals surface area contributed by atoms with Gasteiger partial charge in [-0.2, -0.15) is 5.10 Å². The van der Waals surface area contributed by atoms with Gasteiger partial charge in [-0.25, -0.2) is 13.1 Å². The minimum atomic E-state index is -3.25. The van der Waals surface area contributed by atoms with Gasteiger partial charge >= 0.3 is 0 Å². The van der Waals surface area contributed by atoms with Gasteiger partial charge in [0.2, 0.25) is 0 Å². The second-order valence-corrected chi connectivity index (χ2v) is 8.96. The van der Waals surface area contributed by atoms with Crippen LogP contribution in [0, 0.1) is 6.92 Å². The number of fused-ring (bicyclic) bond motifs is 1. The zero-order chi connectivity index (χ0) is 19.2. The van der Waals surface area contributed by atoms with Crippen LogP contribution < -0.4 is 5.32 Å². The first-order chi connectivity index (χ1) is 12.8. The number of aromatic nitrogens is 2. The standard InChI is InChI=1S/C19H16ClN3O3S/c1-12-6-8-13(9-7-12)23-18(15-10-27(25,26)11-17(15)22-23)21-19(24)14-4-2-3-5-16(14)20/h2-9H,10-11H2,1H3,(H,21,24). The fourth-order valence-corrected chi connectivity index (χ4v) is 4.78. The summed E-state index contributed by atoms with van der Waals surface area (Å²) in [6, 6.07) is 14.3. The number of hydrogen-bond acceptors (Lipinski definition) is 4.